The lowest BCUT2D eigenvalue weighted by Crippen LogP contribution is -2.21. The molecule has 0 N–H and O–H groups in total. The monoisotopic (exact) mass is 935 g/mol. The minimum absolute atomic E-state index is 0.582. The van der Waals surface area contributed by atoms with E-state index in [1.807, 2.05) is 0 Å². The summed E-state index contributed by atoms with van der Waals surface area (Å²) in [6.45, 7) is 6.94. The van der Waals surface area contributed by atoms with Crippen LogP contribution in [0.1, 0.15) is 307 Å². The van der Waals surface area contributed by atoms with E-state index in [1.54, 1.807) is 0 Å². The van der Waals surface area contributed by atoms with Crippen LogP contribution >= 0.6 is 7.92 Å². The summed E-state index contributed by atoms with van der Waals surface area (Å²) in [6.07, 6.45) is 63.5. The first-order valence-corrected chi connectivity index (χ1v) is 31.7. The number of hydrogen-bond acceptors (Lipinski definition) is 0. The Morgan fingerprint density at radius 1 is 0.194 bits per heavy atom. The maximum absolute atomic E-state index is 2.48. The number of rotatable bonds is 48. The molecule has 0 aliphatic carbocycles. The molecule has 0 atom stereocenters. The van der Waals surface area contributed by atoms with Gasteiger partial charge in [0.2, 0.25) is 0 Å². The van der Waals surface area contributed by atoms with Gasteiger partial charge in [-0.2, -0.15) is 0 Å². The van der Waals surface area contributed by atoms with Crippen molar-refractivity contribution in [3.63, 3.8) is 0 Å². The molecule has 380 valence electrons. The van der Waals surface area contributed by atoms with Crippen molar-refractivity contribution >= 4 is 23.8 Å². The molecular weight excluding hydrogens is 824 g/mol. The molecule has 0 unspecified atom stereocenters. The zero-order valence-corrected chi connectivity index (χ0v) is 46.1. The second-order valence-electron chi connectivity index (χ2n) is 21.4. The van der Waals surface area contributed by atoms with E-state index in [1.165, 1.54) is 322 Å². The molecule has 0 saturated carbocycles. The van der Waals surface area contributed by atoms with E-state index in [0.29, 0.717) is 0 Å². The molecule has 0 heterocycles. The van der Waals surface area contributed by atoms with Crippen molar-refractivity contribution in [3.8, 4) is 0 Å². The minimum Gasteiger partial charge on any atom is -0.0654 e. The highest BCUT2D eigenvalue weighted by Gasteiger charge is 2.17. The van der Waals surface area contributed by atoms with Crippen LogP contribution in [-0.2, 0) is 19.3 Å². The fourth-order valence-electron chi connectivity index (χ4n) is 10.5. The van der Waals surface area contributed by atoms with Crippen molar-refractivity contribution in [1.82, 2.24) is 0 Å². The molecule has 0 amide bonds. The van der Waals surface area contributed by atoms with Gasteiger partial charge in [0.15, 0.2) is 0 Å². The predicted molar refractivity (Wildman–Crippen MR) is 307 cm³/mol. The summed E-state index contributed by atoms with van der Waals surface area (Å²) in [5.74, 6) is 0. The van der Waals surface area contributed by atoms with Crippen molar-refractivity contribution in [3.05, 3.63) is 89.5 Å². The number of aryl methyl sites for hydroxylation is 3. The Bertz CT molecular complexity index is 1270. The van der Waals surface area contributed by atoms with Crippen LogP contribution in [0.2, 0.25) is 0 Å². The van der Waals surface area contributed by atoms with Crippen LogP contribution in [0.15, 0.2) is 72.8 Å². The molecule has 67 heavy (non-hydrogen) atoms. The van der Waals surface area contributed by atoms with E-state index >= 15 is 0 Å². The first kappa shape index (κ1) is 59.4. The van der Waals surface area contributed by atoms with E-state index in [0.717, 1.165) is 0 Å². The quantitative estimate of drug-likeness (QED) is 0.0391. The third-order valence-corrected chi connectivity index (χ3v) is 17.5. The van der Waals surface area contributed by atoms with Gasteiger partial charge < -0.3 is 0 Å². The molecule has 0 aliphatic rings. The Balaban J connectivity index is 1.42. The Morgan fingerprint density at radius 2 is 0.343 bits per heavy atom. The largest absolute Gasteiger partial charge is 0.0654 e. The summed E-state index contributed by atoms with van der Waals surface area (Å²) in [4.78, 5) is 0. The van der Waals surface area contributed by atoms with Crippen molar-refractivity contribution in [2.24, 2.45) is 0 Å². The van der Waals surface area contributed by atoms with Crippen LogP contribution in [-0.4, -0.2) is 0 Å². The second-order valence-corrected chi connectivity index (χ2v) is 23.6. The average molecular weight is 936 g/mol. The van der Waals surface area contributed by atoms with E-state index in [4.69, 9.17) is 0 Å². The van der Waals surface area contributed by atoms with E-state index < -0.39 is 7.92 Å². The van der Waals surface area contributed by atoms with Gasteiger partial charge in [0.25, 0.3) is 0 Å². The van der Waals surface area contributed by atoms with Crippen molar-refractivity contribution in [1.29, 1.82) is 0 Å². The molecule has 0 fully saturated rings. The van der Waals surface area contributed by atoms with Crippen LogP contribution in [0.3, 0.4) is 0 Å². The fraction of sp³-hybridized carbons (Fsp3) is 0.727. The maximum Gasteiger partial charge on any atom is -0.0134 e. The Labute approximate surface area is 421 Å². The minimum atomic E-state index is -0.582. The van der Waals surface area contributed by atoms with Gasteiger partial charge in [-0.15, -0.1) is 0 Å². The van der Waals surface area contributed by atoms with Gasteiger partial charge in [-0.3, -0.25) is 0 Å². The molecule has 0 saturated heterocycles. The van der Waals surface area contributed by atoms with E-state index in [2.05, 4.69) is 93.6 Å². The fourth-order valence-corrected chi connectivity index (χ4v) is 12.7. The van der Waals surface area contributed by atoms with Gasteiger partial charge in [-0.1, -0.05) is 344 Å². The molecule has 0 nitrogen and oxygen atoms in total. The highest BCUT2D eigenvalue weighted by atomic mass is 31.1. The number of hydrogen-bond donors (Lipinski definition) is 0. The first-order valence-electron chi connectivity index (χ1n) is 30.3. The third kappa shape index (κ3) is 31.8. The normalized spacial score (nSPS) is 11.6. The van der Waals surface area contributed by atoms with Crippen LogP contribution in [0.5, 0.6) is 0 Å². The molecule has 0 spiro atoms. The summed E-state index contributed by atoms with van der Waals surface area (Å²) in [5.41, 5.74) is 4.55. The highest BCUT2D eigenvalue weighted by Crippen LogP contribution is 2.34. The topological polar surface area (TPSA) is 0 Å². The first-order chi connectivity index (χ1) is 33.2. The number of unbranched alkanes of at least 4 members (excludes halogenated alkanes) is 39. The smallest absolute Gasteiger partial charge is 0.0134 e. The third-order valence-electron chi connectivity index (χ3n) is 15.0. The van der Waals surface area contributed by atoms with Gasteiger partial charge >= 0.3 is 0 Å². The second kappa shape index (κ2) is 44.1. The molecule has 1 heteroatoms. The Kier molecular flexibility index (Phi) is 39.1. The lowest BCUT2D eigenvalue weighted by atomic mass is 10.0. The molecule has 0 aliphatic heterocycles. The van der Waals surface area contributed by atoms with Crippen molar-refractivity contribution < 1.29 is 0 Å². The van der Waals surface area contributed by atoms with Gasteiger partial charge in [-0.05, 0) is 79.1 Å². The molecule has 0 bridgehead atoms. The molecule has 0 radical (unpaired) electrons. The zero-order valence-electron chi connectivity index (χ0n) is 45.2. The van der Waals surface area contributed by atoms with E-state index in [9.17, 15) is 0 Å². The van der Waals surface area contributed by atoms with Crippen molar-refractivity contribution in [2.75, 3.05) is 0 Å². The van der Waals surface area contributed by atoms with Crippen LogP contribution in [0.4, 0.5) is 0 Å². The Morgan fingerprint density at radius 3 is 0.507 bits per heavy atom. The van der Waals surface area contributed by atoms with Crippen LogP contribution in [0, 0.1) is 0 Å². The average Bonchev–Trinajstić information content (AvgIpc) is 3.35. The predicted octanol–water partition coefficient (Wildman–Crippen LogP) is 21.5. The van der Waals surface area contributed by atoms with Crippen molar-refractivity contribution in [2.45, 2.75) is 310 Å². The summed E-state index contributed by atoms with van der Waals surface area (Å²) < 4.78 is 0. The summed E-state index contributed by atoms with van der Waals surface area (Å²) in [5, 5.41) is 4.50. The molecular formula is C66H111P. The maximum atomic E-state index is 2.48. The SMILES string of the molecule is CCCCCCCCCCCCCCCCc1ccc(P(c2ccc(CCCCCCCCCCCCCCCC)cc2)c2ccc(CCCCCCCCCCCCCCCC)cc2)cc1. The molecule has 3 aromatic rings. The van der Waals surface area contributed by atoms with Gasteiger partial charge in [-0.25, -0.2) is 0 Å². The Hall–Kier alpha value is -1.91. The van der Waals surface area contributed by atoms with E-state index in [-0.39, 0.29) is 0 Å². The lowest BCUT2D eigenvalue weighted by Gasteiger charge is -2.20. The zero-order chi connectivity index (χ0) is 47.3. The summed E-state index contributed by atoms with van der Waals surface area (Å²) >= 11 is 0. The molecule has 3 rings (SSSR count). The summed E-state index contributed by atoms with van der Waals surface area (Å²) in [7, 11) is -0.582. The van der Waals surface area contributed by atoms with Crippen LogP contribution in [0.25, 0.3) is 0 Å². The number of benzene rings is 3. The lowest BCUT2D eigenvalue weighted by molar-refractivity contribution is 0.535. The standard InChI is InChI=1S/C66H111P/c1-4-7-10-13-16-19-22-25-28-31-34-37-40-43-46-61-49-55-64(56-50-61)67(65-57-51-62(52-58-65)47-44-41-38-35-32-29-26-23-20-17-14-11-8-5-2)66-59-53-63(54-60-66)48-45-42-39-36-33-30-27-24-21-18-15-12-9-6-3/h49-60H,4-48H2,1-3H3. The van der Waals surface area contributed by atoms with Gasteiger partial charge in [0.05, 0.1) is 0 Å². The molecule has 3 aromatic carbocycles. The van der Waals surface area contributed by atoms with Gasteiger partial charge in [0.1, 0.15) is 0 Å². The highest BCUT2D eigenvalue weighted by molar-refractivity contribution is 7.79. The molecule has 0 aromatic heterocycles. The van der Waals surface area contributed by atoms with Gasteiger partial charge in [0, 0.05) is 0 Å². The van der Waals surface area contributed by atoms with Crippen LogP contribution < -0.4 is 15.9 Å². The summed E-state index contributed by atoms with van der Waals surface area (Å²) in [6, 6.07) is 29.6.